The Morgan fingerprint density at radius 1 is 1.27 bits per heavy atom. The second kappa shape index (κ2) is 5.72. The van der Waals surface area contributed by atoms with Crippen LogP contribution in [0.4, 0.5) is 0 Å². The minimum Gasteiger partial charge on any atom is -0.481 e. The van der Waals surface area contributed by atoms with E-state index in [0.717, 1.165) is 0 Å². The lowest BCUT2D eigenvalue weighted by Crippen LogP contribution is -2.34. The van der Waals surface area contributed by atoms with E-state index in [1.807, 2.05) is 0 Å². The van der Waals surface area contributed by atoms with Gasteiger partial charge in [-0.15, -0.1) is 0 Å². The second-order valence-electron chi connectivity index (χ2n) is 5.77. The van der Waals surface area contributed by atoms with Gasteiger partial charge >= 0.3 is 5.97 Å². The standard InChI is InChI=1S/C15H19NO5S/c1-3-22(20,21)12-6-4-11(5-7-12)13(17)16-9-8-15(2,10-16)14(18)19/h4-7H,3,8-10H2,1-2H3,(H,18,19)/t15-/m0/s1. The zero-order valence-corrected chi connectivity index (χ0v) is 13.4. The number of amides is 1. The van der Waals surface area contributed by atoms with Crippen LogP contribution in [0.5, 0.6) is 0 Å². The van der Waals surface area contributed by atoms with Crippen molar-refractivity contribution in [2.45, 2.75) is 25.2 Å². The molecule has 0 spiro atoms. The minimum absolute atomic E-state index is 0.00336. The Labute approximate surface area is 129 Å². The molecule has 1 aliphatic rings. The molecule has 1 aromatic rings. The fourth-order valence-electron chi connectivity index (χ4n) is 2.46. The van der Waals surface area contributed by atoms with Gasteiger partial charge in [0.25, 0.3) is 5.91 Å². The van der Waals surface area contributed by atoms with E-state index in [9.17, 15) is 23.1 Å². The highest BCUT2D eigenvalue weighted by molar-refractivity contribution is 7.91. The summed E-state index contributed by atoms with van der Waals surface area (Å²) in [4.78, 5) is 25.3. The number of carboxylic acid groups (broad SMARTS) is 1. The van der Waals surface area contributed by atoms with Gasteiger partial charge in [-0.2, -0.15) is 0 Å². The first-order chi connectivity index (χ1) is 10.2. The maximum absolute atomic E-state index is 12.4. The van der Waals surface area contributed by atoms with Crippen LogP contribution in [0, 0.1) is 5.41 Å². The van der Waals surface area contributed by atoms with Crippen molar-refractivity contribution >= 4 is 21.7 Å². The van der Waals surface area contributed by atoms with Crippen molar-refractivity contribution in [1.29, 1.82) is 0 Å². The number of aliphatic carboxylic acids is 1. The maximum atomic E-state index is 12.4. The highest BCUT2D eigenvalue weighted by Gasteiger charge is 2.42. The number of hydrogen-bond donors (Lipinski definition) is 1. The van der Waals surface area contributed by atoms with Crippen molar-refractivity contribution in [3.05, 3.63) is 29.8 Å². The molecule has 0 aliphatic carbocycles. The van der Waals surface area contributed by atoms with Gasteiger partial charge in [0.05, 0.1) is 16.1 Å². The molecule has 7 heteroatoms. The van der Waals surface area contributed by atoms with Crippen LogP contribution in [0.25, 0.3) is 0 Å². The summed E-state index contributed by atoms with van der Waals surface area (Å²) in [5.41, 5.74) is -0.550. The smallest absolute Gasteiger partial charge is 0.311 e. The highest BCUT2D eigenvalue weighted by Crippen LogP contribution is 2.31. The predicted octanol–water partition coefficient (Wildman–Crippen LogP) is 1.42. The Morgan fingerprint density at radius 2 is 1.86 bits per heavy atom. The Morgan fingerprint density at radius 3 is 2.32 bits per heavy atom. The molecule has 22 heavy (non-hydrogen) atoms. The zero-order valence-electron chi connectivity index (χ0n) is 12.6. The van der Waals surface area contributed by atoms with Crippen LogP contribution in [0.1, 0.15) is 30.6 Å². The molecule has 1 amide bonds. The highest BCUT2D eigenvalue weighted by atomic mass is 32.2. The summed E-state index contributed by atoms with van der Waals surface area (Å²) in [6.07, 6.45) is 0.413. The molecule has 0 saturated carbocycles. The third-order valence-electron chi connectivity index (χ3n) is 4.12. The van der Waals surface area contributed by atoms with Crippen molar-refractivity contribution < 1.29 is 23.1 Å². The molecule has 1 saturated heterocycles. The number of nitrogens with zero attached hydrogens (tertiary/aromatic N) is 1. The molecule has 6 nitrogen and oxygen atoms in total. The van der Waals surface area contributed by atoms with E-state index in [0.29, 0.717) is 18.5 Å². The summed E-state index contributed by atoms with van der Waals surface area (Å²) in [6, 6.07) is 5.78. The first-order valence-electron chi connectivity index (χ1n) is 7.05. The molecule has 1 N–H and O–H groups in total. The lowest BCUT2D eigenvalue weighted by Gasteiger charge is -2.20. The number of carbonyl (C=O) groups is 2. The lowest BCUT2D eigenvalue weighted by molar-refractivity contribution is -0.147. The molecule has 0 unspecified atom stereocenters. The largest absolute Gasteiger partial charge is 0.481 e. The molecule has 1 atom stereocenters. The van der Waals surface area contributed by atoms with Crippen LogP contribution in [0.3, 0.4) is 0 Å². The lowest BCUT2D eigenvalue weighted by atomic mass is 9.90. The van der Waals surface area contributed by atoms with Crippen LogP contribution >= 0.6 is 0 Å². The summed E-state index contributed by atoms with van der Waals surface area (Å²) in [7, 11) is -3.29. The van der Waals surface area contributed by atoms with Gasteiger partial charge in [0.1, 0.15) is 0 Å². The first-order valence-corrected chi connectivity index (χ1v) is 8.70. The van der Waals surface area contributed by atoms with E-state index >= 15 is 0 Å². The van der Waals surface area contributed by atoms with Gasteiger partial charge in [-0.25, -0.2) is 8.42 Å². The van der Waals surface area contributed by atoms with E-state index in [1.54, 1.807) is 13.8 Å². The molecule has 1 aromatic carbocycles. The molecular weight excluding hydrogens is 306 g/mol. The third kappa shape index (κ3) is 2.99. The summed E-state index contributed by atoms with van der Waals surface area (Å²) in [5, 5.41) is 9.19. The molecule has 0 radical (unpaired) electrons. The number of rotatable bonds is 4. The number of carboxylic acids is 1. The number of benzene rings is 1. The van der Waals surface area contributed by atoms with E-state index in [2.05, 4.69) is 0 Å². The van der Waals surface area contributed by atoms with Crippen molar-refractivity contribution in [2.75, 3.05) is 18.8 Å². The maximum Gasteiger partial charge on any atom is 0.311 e. The molecule has 1 fully saturated rings. The minimum atomic E-state index is -3.29. The van der Waals surface area contributed by atoms with Gasteiger partial charge in [-0.05, 0) is 37.6 Å². The number of hydrogen-bond acceptors (Lipinski definition) is 4. The third-order valence-corrected chi connectivity index (χ3v) is 5.87. The molecule has 0 aromatic heterocycles. The molecule has 2 rings (SSSR count). The topological polar surface area (TPSA) is 91.8 Å². The molecule has 1 heterocycles. The fraction of sp³-hybridized carbons (Fsp3) is 0.467. The molecule has 0 bridgehead atoms. The van der Waals surface area contributed by atoms with E-state index in [1.165, 1.54) is 29.2 Å². The molecule has 1 aliphatic heterocycles. The van der Waals surface area contributed by atoms with E-state index < -0.39 is 21.2 Å². The Hall–Kier alpha value is -1.89. The van der Waals surface area contributed by atoms with Gasteiger partial charge in [0.2, 0.25) is 0 Å². The monoisotopic (exact) mass is 325 g/mol. The average molecular weight is 325 g/mol. The summed E-state index contributed by atoms with van der Waals surface area (Å²) >= 11 is 0. The second-order valence-corrected chi connectivity index (χ2v) is 8.05. The average Bonchev–Trinajstić information content (AvgIpc) is 2.90. The Bertz CT molecular complexity index is 695. The Balaban J connectivity index is 2.17. The van der Waals surface area contributed by atoms with Gasteiger partial charge in [0.15, 0.2) is 9.84 Å². The SMILES string of the molecule is CCS(=O)(=O)c1ccc(C(=O)N2CC[C@](C)(C(=O)O)C2)cc1. The van der Waals surface area contributed by atoms with Crippen molar-refractivity contribution in [1.82, 2.24) is 4.90 Å². The van der Waals surface area contributed by atoms with Gasteiger partial charge < -0.3 is 10.0 Å². The quantitative estimate of drug-likeness (QED) is 0.904. The van der Waals surface area contributed by atoms with Crippen LogP contribution in [-0.4, -0.2) is 49.1 Å². The van der Waals surface area contributed by atoms with Crippen molar-refractivity contribution in [2.24, 2.45) is 5.41 Å². The number of carbonyl (C=O) groups excluding carboxylic acids is 1. The van der Waals surface area contributed by atoms with Crippen molar-refractivity contribution in [3.8, 4) is 0 Å². The Kier molecular flexibility index (Phi) is 4.28. The van der Waals surface area contributed by atoms with Gasteiger partial charge in [-0.3, -0.25) is 9.59 Å². The summed E-state index contributed by atoms with van der Waals surface area (Å²) < 4.78 is 23.5. The van der Waals surface area contributed by atoms with Crippen LogP contribution in [0.2, 0.25) is 0 Å². The van der Waals surface area contributed by atoms with Gasteiger partial charge in [0, 0.05) is 18.7 Å². The predicted molar refractivity (Wildman–Crippen MR) is 80.4 cm³/mol. The fourth-order valence-corrected chi connectivity index (χ4v) is 3.35. The van der Waals surface area contributed by atoms with E-state index in [-0.39, 0.29) is 23.1 Å². The van der Waals surface area contributed by atoms with Gasteiger partial charge in [-0.1, -0.05) is 6.92 Å². The molecule has 120 valence electrons. The summed E-state index contributed by atoms with van der Waals surface area (Å²) in [5.74, 6) is -1.18. The first kappa shape index (κ1) is 16.5. The van der Waals surface area contributed by atoms with Crippen LogP contribution in [-0.2, 0) is 14.6 Å². The van der Waals surface area contributed by atoms with Crippen molar-refractivity contribution in [3.63, 3.8) is 0 Å². The van der Waals surface area contributed by atoms with Crippen LogP contribution < -0.4 is 0 Å². The zero-order chi connectivity index (χ0) is 16.5. The number of likely N-dealkylation sites (tertiary alicyclic amines) is 1. The number of sulfone groups is 1. The van der Waals surface area contributed by atoms with E-state index in [4.69, 9.17) is 0 Å². The molecular formula is C15H19NO5S. The van der Waals surface area contributed by atoms with Crippen LogP contribution in [0.15, 0.2) is 29.2 Å². The normalized spacial score (nSPS) is 21.8. The summed E-state index contributed by atoms with van der Waals surface area (Å²) in [6.45, 7) is 3.73.